The summed E-state index contributed by atoms with van der Waals surface area (Å²) < 4.78 is 0. The van der Waals surface area contributed by atoms with Crippen molar-refractivity contribution in [3.8, 4) is 5.75 Å². The molecule has 0 bridgehead atoms. The third-order valence-electron chi connectivity index (χ3n) is 3.18. The van der Waals surface area contributed by atoms with Crippen molar-refractivity contribution in [1.82, 2.24) is 9.97 Å². The van der Waals surface area contributed by atoms with Crippen molar-refractivity contribution in [1.29, 1.82) is 0 Å². The Kier molecular flexibility index (Phi) is 3.36. The molecule has 1 aliphatic carbocycles. The summed E-state index contributed by atoms with van der Waals surface area (Å²) in [5.41, 5.74) is 1.74. The summed E-state index contributed by atoms with van der Waals surface area (Å²) in [6, 6.07) is 6.74. The molecule has 3 rings (SSSR count). The number of aromatic hydroxyl groups is 1. The topological polar surface area (TPSA) is 70.1 Å². The molecular weight excluding hydrogens is 276 g/mol. The van der Waals surface area contributed by atoms with E-state index in [0.717, 1.165) is 5.69 Å². The van der Waals surface area contributed by atoms with Gasteiger partial charge in [-0.3, -0.25) is 0 Å². The molecular formula is C14H15ClN4O. The van der Waals surface area contributed by atoms with Gasteiger partial charge in [-0.25, -0.2) is 4.98 Å². The number of benzene rings is 1. The predicted molar refractivity (Wildman–Crippen MR) is 80.0 cm³/mol. The highest BCUT2D eigenvalue weighted by Crippen LogP contribution is 2.40. The van der Waals surface area contributed by atoms with Crippen molar-refractivity contribution in [2.75, 3.05) is 17.7 Å². The molecule has 0 spiro atoms. The molecule has 0 aliphatic heterocycles. The van der Waals surface area contributed by atoms with Crippen molar-refractivity contribution >= 4 is 29.1 Å². The Morgan fingerprint density at radius 3 is 2.70 bits per heavy atom. The number of anilines is 3. The summed E-state index contributed by atoms with van der Waals surface area (Å²) in [5.74, 6) is 1.96. The highest BCUT2D eigenvalue weighted by molar-refractivity contribution is 6.33. The van der Waals surface area contributed by atoms with Gasteiger partial charge in [-0.15, -0.1) is 0 Å². The maximum absolute atomic E-state index is 9.36. The van der Waals surface area contributed by atoms with Gasteiger partial charge in [-0.05, 0) is 25.0 Å². The zero-order chi connectivity index (χ0) is 14.1. The molecule has 20 heavy (non-hydrogen) atoms. The average Bonchev–Trinajstić information content (AvgIpc) is 3.26. The summed E-state index contributed by atoms with van der Waals surface area (Å²) in [5, 5.41) is 15.9. The molecule has 1 saturated carbocycles. The molecule has 1 heterocycles. The molecule has 104 valence electrons. The Balaban J connectivity index is 1.91. The first-order chi connectivity index (χ1) is 9.65. The summed E-state index contributed by atoms with van der Waals surface area (Å²) in [4.78, 5) is 8.82. The van der Waals surface area contributed by atoms with Crippen molar-refractivity contribution < 1.29 is 5.11 Å². The maximum atomic E-state index is 9.36. The van der Waals surface area contributed by atoms with E-state index in [1.807, 2.05) is 6.07 Å². The summed E-state index contributed by atoms with van der Waals surface area (Å²) in [7, 11) is 1.79. The molecule has 5 nitrogen and oxygen atoms in total. The number of phenols is 1. The fourth-order valence-electron chi connectivity index (χ4n) is 1.97. The number of nitrogens with zero attached hydrogens (tertiary/aromatic N) is 2. The minimum Gasteiger partial charge on any atom is -0.508 e. The maximum Gasteiger partial charge on any atom is 0.224 e. The fourth-order valence-corrected chi connectivity index (χ4v) is 2.20. The van der Waals surface area contributed by atoms with Crippen LogP contribution in [0.3, 0.4) is 0 Å². The summed E-state index contributed by atoms with van der Waals surface area (Å²) in [6.45, 7) is 0. The Bertz CT molecular complexity index is 643. The standard InChI is InChI=1S/C14H15ClN4O/c1-16-14-18-12(8-2-3-8)7-13(19-14)17-11-5-4-9(20)6-10(11)15/h4-8,20H,2-3H2,1H3,(H2,16,17,18,19). The summed E-state index contributed by atoms with van der Waals surface area (Å²) in [6.07, 6.45) is 2.36. The quantitative estimate of drug-likeness (QED) is 0.752. The molecule has 0 atom stereocenters. The van der Waals surface area contributed by atoms with Crippen molar-refractivity contribution in [2.45, 2.75) is 18.8 Å². The van der Waals surface area contributed by atoms with E-state index in [0.29, 0.717) is 28.4 Å². The molecule has 1 aliphatic rings. The van der Waals surface area contributed by atoms with Gasteiger partial charge in [-0.1, -0.05) is 11.6 Å². The SMILES string of the molecule is CNc1nc(Nc2ccc(O)cc2Cl)cc(C2CC2)n1. The highest BCUT2D eigenvalue weighted by Gasteiger charge is 2.26. The number of halogens is 1. The molecule has 3 N–H and O–H groups in total. The predicted octanol–water partition coefficient (Wildman–Crippen LogP) is 3.50. The van der Waals surface area contributed by atoms with Crippen LogP contribution in [0.5, 0.6) is 5.75 Å². The van der Waals surface area contributed by atoms with Crippen LogP contribution in [0.1, 0.15) is 24.5 Å². The van der Waals surface area contributed by atoms with Gasteiger partial charge in [0.05, 0.1) is 16.4 Å². The largest absolute Gasteiger partial charge is 0.508 e. The third kappa shape index (κ3) is 2.77. The van der Waals surface area contributed by atoms with Gasteiger partial charge in [0, 0.05) is 25.1 Å². The van der Waals surface area contributed by atoms with Crippen LogP contribution in [0, 0.1) is 0 Å². The van der Waals surface area contributed by atoms with Crippen LogP contribution in [0.2, 0.25) is 5.02 Å². The van der Waals surface area contributed by atoms with Gasteiger partial charge in [0.1, 0.15) is 11.6 Å². The van der Waals surface area contributed by atoms with Crippen LogP contribution < -0.4 is 10.6 Å². The van der Waals surface area contributed by atoms with E-state index in [-0.39, 0.29) is 5.75 Å². The van der Waals surface area contributed by atoms with E-state index in [4.69, 9.17) is 11.6 Å². The van der Waals surface area contributed by atoms with Crippen LogP contribution in [-0.4, -0.2) is 22.1 Å². The first kappa shape index (κ1) is 13.0. The normalized spacial score (nSPS) is 14.1. The van der Waals surface area contributed by atoms with E-state index in [1.54, 1.807) is 19.2 Å². The van der Waals surface area contributed by atoms with E-state index in [9.17, 15) is 5.11 Å². The van der Waals surface area contributed by atoms with Gasteiger partial charge >= 0.3 is 0 Å². The molecule has 1 aromatic carbocycles. The fraction of sp³-hybridized carbons (Fsp3) is 0.286. The van der Waals surface area contributed by atoms with Crippen molar-refractivity contribution in [3.05, 3.63) is 35.0 Å². The number of hydrogen-bond donors (Lipinski definition) is 3. The smallest absolute Gasteiger partial charge is 0.224 e. The van der Waals surface area contributed by atoms with Gasteiger partial charge in [0.25, 0.3) is 0 Å². The van der Waals surface area contributed by atoms with Crippen LogP contribution in [0.25, 0.3) is 0 Å². The van der Waals surface area contributed by atoms with E-state index in [1.165, 1.54) is 18.9 Å². The van der Waals surface area contributed by atoms with Gasteiger partial charge in [0.15, 0.2) is 0 Å². The Labute approximate surface area is 122 Å². The average molecular weight is 291 g/mol. The molecule has 0 radical (unpaired) electrons. The molecule has 1 aromatic heterocycles. The van der Waals surface area contributed by atoms with Crippen molar-refractivity contribution in [3.63, 3.8) is 0 Å². The van der Waals surface area contributed by atoms with Gasteiger partial charge in [-0.2, -0.15) is 4.98 Å². The zero-order valence-corrected chi connectivity index (χ0v) is 11.8. The molecule has 2 aromatic rings. The molecule has 0 amide bonds. The summed E-state index contributed by atoms with van der Waals surface area (Å²) >= 11 is 6.09. The van der Waals surface area contributed by atoms with E-state index in [2.05, 4.69) is 20.6 Å². The Morgan fingerprint density at radius 2 is 2.05 bits per heavy atom. The monoisotopic (exact) mass is 290 g/mol. The molecule has 0 saturated heterocycles. The third-order valence-corrected chi connectivity index (χ3v) is 3.49. The molecule has 6 heteroatoms. The van der Waals surface area contributed by atoms with Gasteiger partial charge in [0.2, 0.25) is 5.95 Å². The van der Waals surface area contributed by atoms with Crippen LogP contribution in [-0.2, 0) is 0 Å². The van der Waals surface area contributed by atoms with Crippen LogP contribution in [0.4, 0.5) is 17.5 Å². The van der Waals surface area contributed by atoms with Crippen LogP contribution >= 0.6 is 11.6 Å². The number of aromatic nitrogens is 2. The minimum atomic E-state index is 0.137. The second-order valence-corrected chi connectivity index (χ2v) is 5.22. The van der Waals surface area contributed by atoms with Gasteiger partial charge < -0.3 is 15.7 Å². The number of rotatable bonds is 4. The van der Waals surface area contributed by atoms with Crippen molar-refractivity contribution in [2.24, 2.45) is 0 Å². The van der Waals surface area contributed by atoms with Crippen LogP contribution in [0.15, 0.2) is 24.3 Å². The zero-order valence-electron chi connectivity index (χ0n) is 11.0. The lowest BCUT2D eigenvalue weighted by Crippen LogP contribution is -2.03. The van der Waals surface area contributed by atoms with E-state index >= 15 is 0 Å². The number of nitrogens with one attached hydrogen (secondary N) is 2. The number of hydrogen-bond acceptors (Lipinski definition) is 5. The highest BCUT2D eigenvalue weighted by atomic mass is 35.5. The van der Waals surface area contributed by atoms with E-state index < -0.39 is 0 Å². The molecule has 0 unspecified atom stereocenters. The lowest BCUT2D eigenvalue weighted by atomic mass is 10.2. The second kappa shape index (κ2) is 5.17. The number of phenolic OH excluding ortho intramolecular Hbond substituents is 1. The lowest BCUT2D eigenvalue weighted by Gasteiger charge is -2.10. The second-order valence-electron chi connectivity index (χ2n) is 4.82. The minimum absolute atomic E-state index is 0.137. The lowest BCUT2D eigenvalue weighted by molar-refractivity contribution is 0.475. The first-order valence-corrected chi connectivity index (χ1v) is 6.86. The Morgan fingerprint density at radius 1 is 1.25 bits per heavy atom. The first-order valence-electron chi connectivity index (χ1n) is 6.48. The Hall–Kier alpha value is -2.01. The molecule has 1 fully saturated rings.